The number of hydrogen-bond donors (Lipinski definition) is 1. The van der Waals surface area contributed by atoms with Crippen molar-refractivity contribution in [3.63, 3.8) is 0 Å². The Labute approximate surface area is 108 Å². The average Bonchev–Trinajstić information content (AvgIpc) is 2.34. The molecule has 0 radical (unpaired) electrons. The van der Waals surface area contributed by atoms with Gasteiger partial charge in [0.1, 0.15) is 12.1 Å². The van der Waals surface area contributed by atoms with E-state index in [1.54, 1.807) is 11.2 Å². The molecular weight excluding hydrogens is 228 g/mol. The quantitative estimate of drug-likeness (QED) is 0.883. The number of rotatable bonds is 3. The second-order valence-electron chi connectivity index (χ2n) is 5.14. The maximum atomic E-state index is 11.4. The minimum absolute atomic E-state index is 0.221. The highest BCUT2D eigenvalue weighted by atomic mass is 16.2. The summed E-state index contributed by atoms with van der Waals surface area (Å²) in [5.41, 5.74) is 1.03. The van der Waals surface area contributed by atoms with Crippen LogP contribution in [-0.4, -0.2) is 40.4 Å². The first-order chi connectivity index (χ1) is 8.56. The molecule has 1 saturated heterocycles. The molecule has 5 heteroatoms. The van der Waals surface area contributed by atoms with Crippen LogP contribution in [0.4, 0.5) is 5.82 Å². The molecule has 2 heterocycles. The fourth-order valence-electron chi connectivity index (χ4n) is 2.11. The number of likely N-dealkylation sites (tertiary alicyclic amines) is 1. The fourth-order valence-corrected chi connectivity index (χ4v) is 2.11. The maximum absolute atomic E-state index is 11.4. The molecule has 0 bridgehead atoms. The van der Waals surface area contributed by atoms with Gasteiger partial charge < -0.3 is 10.2 Å². The van der Waals surface area contributed by atoms with Gasteiger partial charge in [-0.1, -0.05) is 13.8 Å². The number of nitrogens with one attached hydrogen (secondary N) is 1. The van der Waals surface area contributed by atoms with E-state index in [4.69, 9.17) is 0 Å². The van der Waals surface area contributed by atoms with Crippen molar-refractivity contribution in [3.05, 3.63) is 18.1 Å². The molecule has 1 N–H and O–H groups in total. The molecule has 0 aliphatic carbocycles. The van der Waals surface area contributed by atoms with E-state index in [1.807, 2.05) is 13.1 Å². The molecule has 1 amide bonds. The summed E-state index contributed by atoms with van der Waals surface area (Å²) in [4.78, 5) is 21.7. The third-order valence-electron chi connectivity index (χ3n) is 3.26. The normalized spacial score (nSPS) is 20.3. The lowest BCUT2D eigenvalue weighted by molar-refractivity contribution is -0.132. The number of carbonyl (C=O) groups excluding carboxylic acids is 1. The van der Waals surface area contributed by atoms with Crippen molar-refractivity contribution in [3.8, 4) is 0 Å². The Morgan fingerprint density at radius 2 is 2.22 bits per heavy atom. The van der Waals surface area contributed by atoms with Crippen LogP contribution in [0.15, 0.2) is 12.4 Å². The molecule has 1 aliphatic heterocycles. The predicted octanol–water partition coefficient (Wildman–Crippen LogP) is 1.63. The average molecular weight is 248 g/mol. The van der Waals surface area contributed by atoms with Gasteiger partial charge in [0.05, 0.1) is 0 Å². The number of amides is 1. The molecule has 2 rings (SSSR count). The van der Waals surface area contributed by atoms with Gasteiger partial charge in [0.15, 0.2) is 0 Å². The van der Waals surface area contributed by atoms with Crippen molar-refractivity contribution < 1.29 is 4.79 Å². The van der Waals surface area contributed by atoms with E-state index >= 15 is 0 Å². The van der Waals surface area contributed by atoms with Crippen LogP contribution in [0.3, 0.4) is 0 Å². The zero-order chi connectivity index (χ0) is 13.1. The van der Waals surface area contributed by atoms with Crippen LogP contribution in [-0.2, 0) is 4.79 Å². The van der Waals surface area contributed by atoms with Crippen LogP contribution in [0.1, 0.15) is 38.3 Å². The van der Waals surface area contributed by atoms with E-state index in [-0.39, 0.29) is 11.9 Å². The summed E-state index contributed by atoms with van der Waals surface area (Å²) in [6.45, 7) is 4.96. The van der Waals surface area contributed by atoms with Gasteiger partial charge in [-0.3, -0.25) is 4.79 Å². The van der Waals surface area contributed by atoms with Gasteiger partial charge in [0.2, 0.25) is 5.91 Å². The van der Waals surface area contributed by atoms with Crippen molar-refractivity contribution >= 4 is 11.7 Å². The first kappa shape index (κ1) is 12.8. The van der Waals surface area contributed by atoms with Crippen LogP contribution in [0.5, 0.6) is 0 Å². The van der Waals surface area contributed by atoms with Gasteiger partial charge in [-0.05, 0) is 12.3 Å². The smallest absolute Gasteiger partial charge is 0.222 e. The van der Waals surface area contributed by atoms with E-state index in [0.717, 1.165) is 24.5 Å². The molecule has 0 spiro atoms. The van der Waals surface area contributed by atoms with Crippen molar-refractivity contribution in [1.29, 1.82) is 0 Å². The van der Waals surface area contributed by atoms with Gasteiger partial charge in [0.25, 0.3) is 0 Å². The molecule has 1 aromatic heterocycles. The molecular formula is C13H20N4O. The zero-order valence-electron chi connectivity index (χ0n) is 11.2. The molecule has 0 aromatic carbocycles. The SMILES string of the molecule is CC(C)c1cc(NC2CCC(=O)N(C)C2)ncn1. The van der Waals surface area contributed by atoms with Crippen molar-refractivity contribution in [2.24, 2.45) is 0 Å². The third kappa shape index (κ3) is 2.97. The van der Waals surface area contributed by atoms with Crippen LogP contribution < -0.4 is 5.32 Å². The second kappa shape index (κ2) is 5.33. The van der Waals surface area contributed by atoms with Crippen molar-refractivity contribution in [1.82, 2.24) is 14.9 Å². The van der Waals surface area contributed by atoms with E-state index in [1.165, 1.54) is 0 Å². The lowest BCUT2D eigenvalue weighted by Gasteiger charge is -2.30. The molecule has 0 saturated carbocycles. The monoisotopic (exact) mass is 248 g/mol. The Hall–Kier alpha value is -1.65. The number of piperidine rings is 1. The molecule has 1 atom stereocenters. The molecule has 1 aromatic rings. The zero-order valence-corrected chi connectivity index (χ0v) is 11.2. The van der Waals surface area contributed by atoms with E-state index < -0.39 is 0 Å². The fraction of sp³-hybridized carbons (Fsp3) is 0.615. The summed E-state index contributed by atoms with van der Waals surface area (Å²) >= 11 is 0. The van der Waals surface area contributed by atoms with Gasteiger partial charge in [0, 0.05) is 37.8 Å². The summed E-state index contributed by atoms with van der Waals surface area (Å²) in [5, 5.41) is 3.38. The van der Waals surface area contributed by atoms with Crippen molar-refractivity contribution in [2.75, 3.05) is 18.9 Å². The lowest BCUT2D eigenvalue weighted by Crippen LogP contribution is -2.43. The number of anilines is 1. The largest absolute Gasteiger partial charge is 0.365 e. The number of likely N-dealkylation sites (N-methyl/N-ethyl adjacent to an activating group) is 1. The molecule has 1 aliphatic rings. The molecule has 1 unspecified atom stereocenters. The van der Waals surface area contributed by atoms with Crippen LogP contribution in [0.2, 0.25) is 0 Å². The number of nitrogens with zero attached hydrogens (tertiary/aromatic N) is 3. The minimum atomic E-state index is 0.221. The first-order valence-electron chi connectivity index (χ1n) is 6.38. The summed E-state index contributed by atoms with van der Waals surface area (Å²) in [7, 11) is 1.84. The number of carbonyl (C=O) groups is 1. The summed E-state index contributed by atoms with van der Waals surface area (Å²) in [6, 6.07) is 2.27. The summed E-state index contributed by atoms with van der Waals surface area (Å²) in [6.07, 6.45) is 3.07. The Bertz CT molecular complexity index is 433. The summed E-state index contributed by atoms with van der Waals surface area (Å²) in [5.74, 6) is 1.46. The molecule has 1 fully saturated rings. The topological polar surface area (TPSA) is 58.1 Å². The minimum Gasteiger partial charge on any atom is -0.365 e. The number of hydrogen-bond acceptors (Lipinski definition) is 4. The molecule has 18 heavy (non-hydrogen) atoms. The third-order valence-corrected chi connectivity index (χ3v) is 3.26. The van der Waals surface area contributed by atoms with Gasteiger partial charge in [-0.2, -0.15) is 0 Å². The van der Waals surface area contributed by atoms with Gasteiger partial charge in [-0.15, -0.1) is 0 Å². The first-order valence-corrected chi connectivity index (χ1v) is 6.38. The second-order valence-corrected chi connectivity index (χ2v) is 5.14. The lowest BCUT2D eigenvalue weighted by atomic mass is 10.1. The van der Waals surface area contributed by atoms with Gasteiger partial charge in [-0.25, -0.2) is 9.97 Å². The Morgan fingerprint density at radius 3 is 2.89 bits per heavy atom. The molecule has 98 valence electrons. The highest BCUT2D eigenvalue weighted by molar-refractivity contribution is 5.77. The van der Waals surface area contributed by atoms with Crippen LogP contribution >= 0.6 is 0 Å². The van der Waals surface area contributed by atoms with E-state index in [0.29, 0.717) is 12.3 Å². The highest BCUT2D eigenvalue weighted by Crippen LogP contribution is 2.17. The Balaban J connectivity index is 2.01. The predicted molar refractivity (Wildman–Crippen MR) is 70.4 cm³/mol. The van der Waals surface area contributed by atoms with E-state index in [9.17, 15) is 4.79 Å². The van der Waals surface area contributed by atoms with Crippen molar-refractivity contribution in [2.45, 2.75) is 38.6 Å². The molecule has 5 nitrogen and oxygen atoms in total. The summed E-state index contributed by atoms with van der Waals surface area (Å²) < 4.78 is 0. The maximum Gasteiger partial charge on any atom is 0.222 e. The highest BCUT2D eigenvalue weighted by Gasteiger charge is 2.22. The van der Waals surface area contributed by atoms with E-state index in [2.05, 4.69) is 29.1 Å². The van der Waals surface area contributed by atoms with Crippen LogP contribution in [0, 0.1) is 0 Å². The Morgan fingerprint density at radius 1 is 1.44 bits per heavy atom. The Kier molecular flexibility index (Phi) is 3.79. The van der Waals surface area contributed by atoms with Crippen LogP contribution in [0.25, 0.3) is 0 Å². The van der Waals surface area contributed by atoms with Gasteiger partial charge >= 0.3 is 0 Å². The number of aromatic nitrogens is 2. The standard InChI is InChI=1S/C13H20N4O/c1-9(2)11-6-12(15-8-14-11)16-10-4-5-13(18)17(3)7-10/h6,8-10H,4-5,7H2,1-3H3,(H,14,15,16).